The summed E-state index contributed by atoms with van der Waals surface area (Å²) in [5, 5.41) is 0. The minimum atomic E-state index is 0.893. The summed E-state index contributed by atoms with van der Waals surface area (Å²) in [6, 6.07) is 0.893. The molecule has 0 N–H and O–H groups in total. The van der Waals surface area contributed by atoms with E-state index in [1.807, 2.05) is 0 Å². The molecule has 0 bridgehead atoms. The predicted molar refractivity (Wildman–Crippen MR) is 81.8 cm³/mol. The van der Waals surface area contributed by atoms with Crippen LogP contribution in [-0.2, 0) is 0 Å². The van der Waals surface area contributed by atoms with Crippen LogP contribution in [0.25, 0.3) is 0 Å². The average molecular weight is 313 g/mol. The molecule has 0 aromatic rings. The molecule has 0 radical (unpaired) electrons. The third-order valence-electron chi connectivity index (χ3n) is 4.23. The molecule has 1 aliphatic carbocycles. The maximum Gasteiger partial charge on any atom is 0.0464 e. The van der Waals surface area contributed by atoms with Gasteiger partial charge in [-0.25, -0.2) is 0 Å². The Labute approximate surface area is 120 Å². The predicted octanol–water partition coefficient (Wildman–Crippen LogP) is 3.75. The maximum absolute atomic E-state index is 3.67. The Morgan fingerprint density at radius 2 is 1.78 bits per heavy atom. The molecule has 102 valence electrons. The fourth-order valence-corrected chi connectivity index (χ4v) is 3.39. The third kappa shape index (κ3) is 3.18. The third-order valence-corrected chi connectivity index (χ3v) is 5.10. The lowest BCUT2D eigenvalue weighted by atomic mass is 9.91. The van der Waals surface area contributed by atoms with Crippen LogP contribution >= 0.6 is 15.9 Å². The summed E-state index contributed by atoms with van der Waals surface area (Å²) in [6.07, 6.45) is 9.95. The van der Waals surface area contributed by atoms with Gasteiger partial charge in [0, 0.05) is 42.4 Å². The van der Waals surface area contributed by atoms with Gasteiger partial charge in [-0.15, -0.1) is 0 Å². The summed E-state index contributed by atoms with van der Waals surface area (Å²) < 4.78 is 1.22. The zero-order valence-corrected chi connectivity index (χ0v) is 13.2. The van der Waals surface area contributed by atoms with Gasteiger partial charge in [0.2, 0.25) is 0 Å². The van der Waals surface area contributed by atoms with E-state index in [1.165, 1.54) is 62.0 Å². The minimum absolute atomic E-state index is 0.893. The monoisotopic (exact) mass is 312 g/mol. The molecule has 1 aliphatic heterocycles. The Morgan fingerprint density at radius 1 is 1.00 bits per heavy atom. The minimum Gasteiger partial charge on any atom is -0.370 e. The molecule has 18 heavy (non-hydrogen) atoms. The lowest BCUT2D eigenvalue weighted by Crippen LogP contribution is -2.42. The largest absolute Gasteiger partial charge is 0.370 e. The number of hydrogen-bond donors (Lipinski definition) is 0. The zero-order chi connectivity index (χ0) is 13.0. The van der Waals surface area contributed by atoms with E-state index >= 15 is 0 Å². The van der Waals surface area contributed by atoms with Crippen molar-refractivity contribution in [2.45, 2.75) is 45.6 Å². The second kappa shape index (κ2) is 6.76. The molecule has 0 aromatic heterocycles. The van der Waals surface area contributed by atoms with E-state index in [-0.39, 0.29) is 0 Å². The van der Waals surface area contributed by atoms with Crippen LogP contribution in [0, 0.1) is 0 Å². The first-order valence-electron chi connectivity index (χ1n) is 7.23. The van der Waals surface area contributed by atoms with Crippen molar-refractivity contribution in [1.82, 2.24) is 9.80 Å². The Kier molecular flexibility index (Phi) is 5.31. The van der Waals surface area contributed by atoms with E-state index in [0.717, 1.165) is 6.04 Å². The van der Waals surface area contributed by atoms with Gasteiger partial charge < -0.3 is 4.90 Å². The highest BCUT2D eigenvalue weighted by atomic mass is 79.9. The summed E-state index contributed by atoms with van der Waals surface area (Å²) in [5.74, 6) is 0. The average Bonchev–Trinajstić information content (AvgIpc) is 2.54. The summed E-state index contributed by atoms with van der Waals surface area (Å²) in [4.78, 5) is 5.24. The molecule has 1 saturated heterocycles. The molecule has 0 amide bonds. The Balaban J connectivity index is 1.95. The van der Waals surface area contributed by atoms with Crippen LogP contribution in [0.5, 0.6) is 0 Å². The fraction of sp³-hybridized carbons (Fsp3) is 0.733. The van der Waals surface area contributed by atoms with Gasteiger partial charge in [-0.05, 0) is 49.0 Å². The SMILES string of the molecule is C/C=C(Br)\C(=C/C)N1CCCN(C2CCC2)CC1. The number of rotatable bonds is 3. The highest BCUT2D eigenvalue weighted by Gasteiger charge is 2.27. The number of allylic oxidation sites excluding steroid dienone is 3. The van der Waals surface area contributed by atoms with Crippen molar-refractivity contribution in [2.24, 2.45) is 0 Å². The van der Waals surface area contributed by atoms with Crippen molar-refractivity contribution in [1.29, 1.82) is 0 Å². The molecular formula is C15H25BrN2. The van der Waals surface area contributed by atoms with Gasteiger partial charge in [-0.2, -0.15) is 0 Å². The highest BCUT2D eigenvalue weighted by molar-refractivity contribution is 9.11. The lowest BCUT2D eigenvalue weighted by molar-refractivity contribution is 0.133. The molecule has 0 spiro atoms. The molecule has 3 heteroatoms. The lowest BCUT2D eigenvalue weighted by Gasteiger charge is -2.37. The molecular weight excluding hydrogens is 288 g/mol. The first kappa shape index (κ1) is 14.1. The van der Waals surface area contributed by atoms with Crippen molar-refractivity contribution in [3.05, 3.63) is 22.3 Å². The molecule has 2 fully saturated rings. The Bertz CT molecular complexity index is 331. The zero-order valence-electron chi connectivity index (χ0n) is 11.7. The van der Waals surface area contributed by atoms with Crippen LogP contribution in [0.1, 0.15) is 39.5 Å². The van der Waals surface area contributed by atoms with Crippen LogP contribution in [0.3, 0.4) is 0 Å². The van der Waals surface area contributed by atoms with Crippen LogP contribution in [0.15, 0.2) is 22.3 Å². The molecule has 0 atom stereocenters. The first-order chi connectivity index (χ1) is 8.76. The molecule has 0 unspecified atom stereocenters. The second-order valence-corrected chi connectivity index (χ2v) is 6.13. The summed E-state index contributed by atoms with van der Waals surface area (Å²) in [7, 11) is 0. The van der Waals surface area contributed by atoms with Gasteiger partial charge in [0.25, 0.3) is 0 Å². The van der Waals surface area contributed by atoms with Crippen molar-refractivity contribution in [3.63, 3.8) is 0 Å². The van der Waals surface area contributed by atoms with Crippen molar-refractivity contribution in [2.75, 3.05) is 26.2 Å². The smallest absolute Gasteiger partial charge is 0.0464 e. The van der Waals surface area contributed by atoms with E-state index in [4.69, 9.17) is 0 Å². The van der Waals surface area contributed by atoms with E-state index < -0.39 is 0 Å². The van der Waals surface area contributed by atoms with Gasteiger partial charge in [-0.1, -0.05) is 18.6 Å². The second-order valence-electron chi connectivity index (χ2n) is 5.27. The molecule has 2 nitrogen and oxygen atoms in total. The van der Waals surface area contributed by atoms with E-state index in [2.05, 4.69) is 51.7 Å². The van der Waals surface area contributed by atoms with Crippen LogP contribution < -0.4 is 0 Å². The topological polar surface area (TPSA) is 6.48 Å². The fourth-order valence-electron chi connectivity index (χ4n) is 2.91. The van der Waals surface area contributed by atoms with Gasteiger partial charge in [0.05, 0.1) is 0 Å². The summed E-state index contributed by atoms with van der Waals surface area (Å²) in [5.41, 5.74) is 1.35. The standard InChI is InChI=1S/C15H25BrN2/c1-3-14(16)15(4-2)18-10-6-9-17(11-12-18)13-7-5-8-13/h3-4,13H,5-12H2,1-2H3/b14-3+,15-4+. The molecule has 0 aromatic carbocycles. The van der Waals surface area contributed by atoms with Gasteiger partial charge >= 0.3 is 0 Å². The molecule has 2 aliphatic rings. The Hall–Kier alpha value is -0.280. The van der Waals surface area contributed by atoms with Crippen molar-refractivity contribution in [3.8, 4) is 0 Å². The summed E-state index contributed by atoms with van der Waals surface area (Å²) >= 11 is 3.67. The van der Waals surface area contributed by atoms with E-state index in [1.54, 1.807) is 0 Å². The van der Waals surface area contributed by atoms with Crippen LogP contribution in [0.4, 0.5) is 0 Å². The Morgan fingerprint density at radius 3 is 2.33 bits per heavy atom. The normalized spacial score (nSPS) is 24.9. The maximum atomic E-state index is 3.67. The highest BCUT2D eigenvalue weighted by Crippen LogP contribution is 2.27. The molecule has 2 rings (SSSR count). The quantitative estimate of drug-likeness (QED) is 0.732. The molecule has 1 saturated carbocycles. The number of nitrogens with zero attached hydrogens (tertiary/aromatic N) is 2. The van der Waals surface area contributed by atoms with Gasteiger partial charge in [-0.3, -0.25) is 4.90 Å². The number of halogens is 1. The van der Waals surface area contributed by atoms with Crippen molar-refractivity contribution < 1.29 is 0 Å². The van der Waals surface area contributed by atoms with E-state index in [0.29, 0.717) is 0 Å². The van der Waals surface area contributed by atoms with Crippen LogP contribution in [0.2, 0.25) is 0 Å². The molecule has 1 heterocycles. The van der Waals surface area contributed by atoms with E-state index in [9.17, 15) is 0 Å². The summed E-state index contributed by atoms with van der Waals surface area (Å²) in [6.45, 7) is 9.09. The number of hydrogen-bond acceptors (Lipinski definition) is 2. The first-order valence-corrected chi connectivity index (χ1v) is 8.03. The van der Waals surface area contributed by atoms with Gasteiger partial charge in [0.15, 0.2) is 0 Å². The van der Waals surface area contributed by atoms with Crippen molar-refractivity contribution >= 4 is 15.9 Å². The van der Waals surface area contributed by atoms with Crippen LogP contribution in [-0.4, -0.2) is 42.0 Å². The van der Waals surface area contributed by atoms with Gasteiger partial charge in [0.1, 0.15) is 0 Å².